The maximum Gasteiger partial charge on any atom is 0.339 e. The molecule has 1 amide bonds. The summed E-state index contributed by atoms with van der Waals surface area (Å²) < 4.78 is 14.0. The fourth-order valence-corrected chi connectivity index (χ4v) is 4.44. The SMILES string of the molecule is COC(=O)c1cnc(C)c(NC(=O)c2cnn3cc(-c4cnn5c4OCCC5)sc23)c1. The first-order chi connectivity index (χ1) is 15.0. The Labute approximate surface area is 180 Å². The molecule has 0 aromatic carbocycles. The minimum absolute atomic E-state index is 0.257. The van der Waals surface area contributed by atoms with E-state index in [9.17, 15) is 9.59 Å². The zero-order chi connectivity index (χ0) is 21.5. The quantitative estimate of drug-likeness (QED) is 0.488. The van der Waals surface area contributed by atoms with Crippen LogP contribution in [0.25, 0.3) is 15.3 Å². The van der Waals surface area contributed by atoms with Crippen LogP contribution in [0.1, 0.15) is 32.8 Å². The number of aryl methyl sites for hydroxylation is 2. The number of nitrogens with zero attached hydrogens (tertiary/aromatic N) is 5. The largest absolute Gasteiger partial charge is 0.477 e. The number of rotatable bonds is 4. The van der Waals surface area contributed by atoms with Gasteiger partial charge in [0.15, 0.2) is 0 Å². The lowest BCUT2D eigenvalue weighted by atomic mass is 10.2. The number of thiazole rings is 1. The second kappa shape index (κ2) is 7.51. The normalized spacial score (nSPS) is 13.0. The van der Waals surface area contributed by atoms with Gasteiger partial charge in [0.25, 0.3) is 5.91 Å². The summed E-state index contributed by atoms with van der Waals surface area (Å²) in [5.41, 5.74) is 2.57. The summed E-state index contributed by atoms with van der Waals surface area (Å²) in [5.74, 6) is -0.128. The lowest BCUT2D eigenvalue weighted by Crippen LogP contribution is -2.14. The molecule has 1 N–H and O–H groups in total. The van der Waals surface area contributed by atoms with Gasteiger partial charge in [0.05, 0.1) is 59.1 Å². The zero-order valence-electron chi connectivity index (χ0n) is 16.8. The molecular weight excluding hydrogens is 420 g/mol. The van der Waals surface area contributed by atoms with E-state index in [2.05, 4.69) is 20.5 Å². The number of fused-ring (bicyclic) bond motifs is 2. The van der Waals surface area contributed by atoms with Crippen molar-refractivity contribution in [2.75, 3.05) is 19.0 Å². The highest BCUT2D eigenvalue weighted by Gasteiger charge is 2.22. The number of carbonyl (C=O) groups is 2. The molecule has 0 radical (unpaired) electrons. The number of pyridine rings is 1. The third-order valence-electron chi connectivity index (χ3n) is 5.01. The fraction of sp³-hybridized carbons (Fsp3) is 0.250. The van der Waals surface area contributed by atoms with E-state index in [0.717, 1.165) is 29.3 Å². The summed E-state index contributed by atoms with van der Waals surface area (Å²) in [4.78, 5) is 30.5. The Hall–Kier alpha value is -3.73. The number of ether oxygens (including phenoxy) is 2. The monoisotopic (exact) mass is 438 g/mol. The van der Waals surface area contributed by atoms with Crippen molar-refractivity contribution < 1.29 is 19.1 Å². The van der Waals surface area contributed by atoms with Crippen LogP contribution in [0.2, 0.25) is 0 Å². The second-order valence-corrected chi connectivity index (χ2v) is 8.03. The van der Waals surface area contributed by atoms with Gasteiger partial charge in [0, 0.05) is 25.4 Å². The van der Waals surface area contributed by atoms with Crippen LogP contribution in [0.3, 0.4) is 0 Å². The first kappa shape index (κ1) is 19.2. The number of amides is 1. The minimum Gasteiger partial charge on any atom is -0.477 e. The predicted molar refractivity (Wildman–Crippen MR) is 113 cm³/mol. The summed E-state index contributed by atoms with van der Waals surface area (Å²) in [6, 6.07) is 1.54. The van der Waals surface area contributed by atoms with Crippen LogP contribution in [-0.4, -0.2) is 50.0 Å². The number of methoxy groups -OCH3 is 1. The molecule has 11 heteroatoms. The van der Waals surface area contributed by atoms with Crippen molar-refractivity contribution in [1.82, 2.24) is 24.4 Å². The molecule has 0 atom stereocenters. The molecular formula is C20H18N6O4S. The average molecular weight is 438 g/mol. The minimum atomic E-state index is -0.523. The van der Waals surface area contributed by atoms with Gasteiger partial charge in [-0.15, -0.1) is 11.3 Å². The van der Waals surface area contributed by atoms with Gasteiger partial charge in [-0.3, -0.25) is 9.78 Å². The van der Waals surface area contributed by atoms with Crippen LogP contribution >= 0.6 is 11.3 Å². The predicted octanol–water partition coefficient (Wildman–Crippen LogP) is 2.78. The molecule has 0 bridgehead atoms. The van der Waals surface area contributed by atoms with Crippen LogP contribution in [0.5, 0.6) is 5.88 Å². The Morgan fingerprint density at radius 1 is 1.26 bits per heavy atom. The van der Waals surface area contributed by atoms with Gasteiger partial charge < -0.3 is 14.8 Å². The molecule has 5 heterocycles. The molecule has 1 aliphatic heterocycles. The molecule has 0 spiro atoms. The Morgan fingerprint density at radius 3 is 2.97 bits per heavy atom. The molecule has 4 aromatic heterocycles. The van der Waals surface area contributed by atoms with Crippen molar-refractivity contribution in [1.29, 1.82) is 0 Å². The van der Waals surface area contributed by atoms with Gasteiger partial charge >= 0.3 is 5.97 Å². The average Bonchev–Trinajstić information content (AvgIpc) is 3.48. The van der Waals surface area contributed by atoms with Crippen molar-refractivity contribution in [3.05, 3.63) is 47.7 Å². The summed E-state index contributed by atoms with van der Waals surface area (Å²) in [6.07, 6.45) is 7.49. The number of anilines is 1. The fourth-order valence-electron chi connectivity index (χ4n) is 3.38. The number of esters is 1. The van der Waals surface area contributed by atoms with Crippen LogP contribution in [0.4, 0.5) is 5.69 Å². The molecule has 5 rings (SSSR count). The Kier molecular flexibility index (Phi) is 4.66. The number of nitrogens with one attached hydrogen (secondary N) is 1. The Bertz CT molecular complexity index is 1320. The van der Waals surface area contributed by atoms with Crippen LogP contribution < -0.4 is 10.1 Å². The standard InChI is InChI=1S/C20H18N6O4S/c1-11-15(6-12(7-21-11)20(28)29-2)24-17(27)14-9-23-26-10-16(31-19(14)26)13-8-22-25-4-3-5-30-18(13)25/h6-10H,3-5H2,1-2H3,(H,24,27). The maximum absolute atomic E-state index is 13.0. The summed E-state index contributed by atoms with van der Waals surface area (Å²) in [5, 5.41) is 11.5. The van der Waals surface area contributed by atoms with Crippen molar-refractivity contribution in [3.63, 3.8) is 0 Å². The van der Waals surface area contributed by atoms with Gasteiger partial charge in [-0.05, 0) is 13.0 Å². The van der Waals surface area contributed by atoms with Gasteiger partial charge in [-0.1, -0.05) is 0 Å². The molecule has 0 saturated carbocycles. The van der Waals surface area contributed by atoms with Crippen molar-refractivity contribution >= 4 is 33.7 Å². The van der Waals surface area contributed by atoms with Gasteiger partial charge in [0.2, 0.25) is 5.88 Å². The second-order valence-electron chi connectivity index (χ2n) is 6.99. The van der Waals surface area contributed by atoms with E-state index in [-0.39, 0.29) is 11.5 Å². The smallest absolute Gasteiger partial charge is 0.339 e. The molecule has 1 aliphatic rings. The summed E-state index contributed by atoms with van der Waals surface area (Å²) >= 11 is 1.43. The first-order valence-electron chi connectivity index (χ1n) is 9.57. The van der Waals surface area contributed by atoms with Gasteiger partial charge in [-0.25, -0.2) is 14.0 Å². The summed E-state index contributed by atoms with van der Waals surface area (Å²) in [7, 11) is 1.29. The topological polar surface area (TPSA) is 113 Å². The van der Waals surface area contributed by atoms with Gasteiger partial charge in [-0.2, -0.15) is 10.2 Å². The highest BCUT2D eigenvalue weighted by Crippen LogP contribution is 2.37. The van der Waals surface area contributed by atoms with Crippen molar-refractivity contribution in [3.8, 4) is 16.3 Å². The van der Waals surface area contributed by atoms with Crippen molar-refractivity contribution in [2.45, 2.75) is 19.9 Å². The van der Waals surface area contributed by atoms with E-state index >= 15 is 0 Å². The highest BCUT2D eigenvalue weighted by atomic mass is 32.1. The lowest BCUT2D eigenvalue weighted by molar-refractivity contribution is 0.0600. The number of hydrogen-bond acceptors (Lipinski definition) is 8. The zero-order valence-corrected chi connectivity index (χ0v) is 17.6. The van der Waals surface area contributed by atoms with Crippen LogP contribution in [0.15, 0.2) is 30.9 Å². The number of carbonyl (C=O) groups excluding carboxylic acids is 2. The van der Waals surface area contributed by atoms with E-state index in [1.807, 2.05) is 10.9 Å². The molecule has 4 aromatic rings. The molecule has 10 nitrogen and oxygen atoms in total. The maximum atomic E-state index is 13.0. The highest BCUT2D eigenvalue weighted by molar-refractivity contribution is 7.21. The first-order valence-corrected chi connectivity index (χ1v) is 10.4. The molecule has 0 unspecified atom stereocenters. The summed E-state index contributed by atoms with van der Waals surface area (Å²) in [6.45, 7) is 3.23. The van der Waals surface area contributed by atoms with E-state index in [4.69, 9.17) is 9.47 Å². The van der Waals surface area contributed by atoms with E-state index in [1.54, 1.807) is 23.7 Å². The van der Waals surface area contributed by atoms with E-state index in [0.29, 0.717) is 28.4 Å². The van der Waals surface area contributed by atoms with Crippen LogP contribution in [0, 0.1) is 6.92 Å². The molecule has 0 fully saturated rings. The van der Waals surface area contributed by atoms with Crippen molar-refractivity contribution in [2.24, 2.45) is 0 Å². The van der Waals surface area contributed by atoms with Gasteiger partial charge in [0.1, 0.15) is 4.83 Å². The Morgan fingerprint density at radius 2 is 2.13 bits per heavy atom. The van der Waals surface area contributed by atoms with E-state index in [1.165, 1.54) is 30.8 Å². The Balaban J connectivity index is 1.46. The third kappa shape index (κ3) is 3.32. The molecule has 0 aliphatic carbocycles. The number of aromatic nitrogens is 5. The van der Waals surface area contributed by atoms with E-state index < -0.39 is 5.97 Å². The number of hydrogen-bond donors (Lipinski definition) is 1. The lowest BCUT2D eigenvalue weighted by Gasteiger charge is -2.15. The third-order valence-corrected chi connectivity index (χ3v) is 6.15. The molecule has 0 saturated heterocycles. The van der Waals surface area contributed by atoms with Crippen LogP contribution in [-0.2, 0) is 11.3 Å². The molecule has 31 heavy (non-hydrogen) atoms. The molecule has 158 valence electrons.